The molecule has 3 aromatic rings. The Balaban J connectivity index is 1.69. The van der Waals surface area contributed by atoms with Gasteiger partial charge in [-0.15, -0.1) is 0 Å². The monoisotopic (exact) mass is 534 g/mol. The van der Waals surface area contributed by atoms with E-state index >= 15 is 0 Å². The van der Waals surface area contributed by atoms with Crippen molar-refractivity contribution in [3.8, 4) is 23.3 Å². The minimum absolute atomic E-state index is 0.0664. The highest BCUT2D eigenvalue weighted by Crippen LogP contribution is 2.44. The fourth-order valence-corrected chi connectivity index (χ4v) is 4.52. The maximum atomic E-state index is 12.7. The van der Waals surface area contributed by atoms with Gasteiger partial charge in [-0.3, -0.25) is 0 Å². The summed E-state index contributed by atoms with van der Waals surface area (Å²) in [5, 5.41) is 10.8. The first kappa shape index (κ1) is 24.1. The van der Waals surface area contributed by atoms with Crippen molar-refractivity contribution < 1.29 is 19.0 Å². The number of hydrogen-bond acceptors (Lipinski definition) is 6. The van der Waals surface area contributed by atoms with Crippen LogP contribution in [0, 0.1) is 11.3 Å². The van der Waals surface area contributed by atoms with Gasteiger partial charge in [0, 0.05) is 11.6 Å². The van der Waals surface area contributed by atoms with E-state index in [9.17, 15) is 10.1 Å². The highest BCUT2D eigenvalue weighted by Gasteiger charge is 2.31. The number of benzene rings is 3. The maximum absolute atomic E-state index is 12.7. The smallest absolute Gasteiger partial charge is 0.343 e. The number of ether oxygens (including phenoxy) is 3. The zero-order valence-corrected chi connectivity index (χ0v) is 20.4. The fourth-order valence-electron chi connectivity index (χ4n) is 3.57. The van der Waals surface area contributed by atoms with E-state index in [2.05, 4.69) is 6.07 Å². The average molecular weight is 536 g/mol. The minimum Gasteiger partial charge on any atom is -0.494 e. The van der Waals surface area contributed by atoms with Crippen LogP contribution in [0.2, 0.25) is 20.1 Å². The van der Waals surface area contributed by atoms with E-state index in [0.29, 0.717) is 26.9 Å². The summed E-state index contributed by atoms with van der Waals surface area (Å²) in [6.45, 7) is 0. The van der Waals surface area contributed by atoms with Crippen molar-refractivity contribution in [2.45, 2.75) is 5.92 Å². The molecule has 4 rings (SSSR count). The number of halogens is 4. The lowest BCUT2D eigenvalue weighted by Gasteiger charge is -2.27. The summed E-state index contributed by atoms with van der Waals surface area (Å²) >= 11 is 24.5. The maximum Gasteiger partial charge on any atom is 0.343 e. The van der Waals surface area contributed by atoms with Crippen LogP contribution >= 0.6 is 46.4 Å². The Morgan fingerprint density at radius 3 is 2.32 bits per heavy atom. The van der Waals surface area contributed by atoms with Crippen molar-refractivity contribution in [1.82, 2.24) is 0 Å². The number of fused-ring (bicyclic) bond motifs is 1. The Morgan fingerprint density at radius 2 is 1.71 bits per heavy atom. The number of methoxy groups -OCH3 is 1. The SMILES string of the molecule is COc1c(Cl)cc(C(=O)Oc2ccc3c(c2)OC(N)=C(C#N)C3c2ccc(Cl)c(Cl)c2)cc1Cl. The molecule has 0 bridgehead atoms. The second-order valence-electron chi connectivity index (χ2n) is 7.16. The molecule has 0 spiro atoms. The van der Waals surface area contributed by atoms with Crippen LogP contribution in [0.5, 0.6) is 17.2 Å². The standard InChI is InChI=1S/C24H14Cl4N2O4/c1-32-22-18(27)7-12(8-19(22)28)24(31)33-13-3-4-14-20(9-13)34-23(30)15(10-29)21(14)11-2-5-16(25)17(26)6-11/h2-9,21H,30H2,1H3. The second-order valence-corrected chi connectivity index (χ2v) is 8.79. The first-order valence-corrected chi connectivity index (χ1v) is 11.2. The van der Waals surface area contributed by atoms with Gasteiger partial charge in [-0.05, 0) is 35.9 Å². The Kier molecular flexibility index (Phi) is 6.83. The van der Waals surface area contributed by atoms with Crippen molar-refractivity contribution >= 4 is 52.4 Å². The van der Waals surface area contributed by atoms with E-state index in [1.165, 1.54) is 25.3 Å². The Hall–Kier alpha value is -3.08. The average Bonchev–Trinajstić information content (AvgIpc) is 2.79. The Bertz CT molecular complexity index is 1380. The first-order valence-electron chi connectivity index (χ1n) is 9.65. The highest BCUT2D eigenvalue weighted by atomic mass is 35.5. The zero-order valence-electron chi connectivity index (χ0n) is 17.4. The van der Waals surface area contributed by atoms with Crippen LogP contribution in [-0.4, -0.2) is 13.1 Å². The molecular formula is C24H14Cl4N2O4. The molecule has 1 aliphatic heterocycles. The lowest BCUT2D eigenvalue weighted by Crippen LogP contribution is -2.21. The molecule has 0 saturated heterocycles. The van der Waals surface area contributed by atoms with Crippen LogP contribution in [0.15, 0.2) is 60.0 Å². The number of nitriles is 1. The molecule has 2 N–H and O–H groups in total. The summed E-state index contributed by atoms with van der Waals surface area (Å²) < 4.78 is 16.2. The molecule has 1 heterocycles. The van der Waals surface area contributed by atoms with E-state index in [1.807, 2.05) is 0 Å². The number of carbonyl (C=O) groups is 1. The van der Waals surface area contributed by atoms with E-state index in [1.54, 1.807) is 30.3 Å². The van der Waals surface area contributed by atoms with E-state index in [4.69, 9.17) is 66.3 Å². The largest absolute Gasteiger partial charge is 0.494 e. The number of hydrogen-bond donors (Lipinski definition) is 1. The van der Waals surface area contributed by atoms with E-state index in [-0.39, 0.29) is 38.6 Å². The van der Waals surface area contributed by atoms with E-state index < -0.39 is 11.9 Å². The normalized spacial score (nSPS) is 14.6. The third-order valence-electron chi connectivity index (χ3n) is 5.12. The first-order chi connectivity index (χ1) is 16.2. The van der Waals surface area contributed by atoms with Crippen LogP contribution in [0.1, 0.15) is 27.4 Å². The number of nitrogens with zero attached hydrogens (tertiary/aromatic N) is 1. The molecule has 0 aromatic heterocycles. The fraction of sp³-hybridized carbons (Fsp3) is 0.0833. The van der Waals surface area contributed by atoms with Crippen LogP contribution in [-0.2, 0) is 0 Å². The van der Waals surface area contributed by atoms with Gasteiger partial charge in [-0.2, -0.15) is 5.26 Å². The molecule has 0 fully saturated rings. The van der Waals surface area contributed by atoms with Crippen molar-refractivity contribution in [3.63, 3.8) is 0 Å². The van der Waals surface area contributed by atoms with Crippen molar-refractivity contribution in [2.24, 2.45) is 5.73 Å². The van der Waals surface area contributed by atoms with Gasteiger partial charge >= 0.3 is 5.97 Å². The van der Waals surface area contributed by atoms with Gasteiger partial charge in [0.25, 0.3) is 0 Å². The molecule has 1 atom stereocenters. The Labute approximate surface area is 214 Å². The molecule has 1 unspecified atom stereocenters. The Morgan fingerprint density at radius 1 is 1.00 bits per heavy atom. The predicted octanol–water partition coefficient (Wildman–Crippen LogP) is 6.75. The van der Waals surface area contributed by atoms with Crippen LogP contribution < -0.4 is 19.9 Å². The second kappa shape index (κ2) is 9.65. The molecule has 172 valence electrons. The molecule has 1 aliphatic rings. The third kappa shape index (κ3) is 4.48. The molecule has 0 aliphatic carbocycles. The summed E-state index contributed by atoms with van der Waals surface area (Å²) in [5.41, 5.74) is 7.72. The minimum atomic E-state index is -0.690. The van der Waals surface area contributed by atoms with Crippen molar-refractivity contribution in [2.75, 3.05) is 7.11 Å². The molecule has 3 aromatic carbocycles. The van der Waals surface area contributed by atoms with Crippen molar-refractivity contribution in [1.29, 1.82) is 5.26 Å². The third-order valence-corrected chi connectivity index (χ3v) is 6.42. The number of carbonyl (C=O) groups excluding carboxylic acids is 1. The summed E-state index contributed by atoms with van der Waals surface area (Å²) in [5.74, 6) is -0.539. The molecule has 10 heteroatoms. The molecule has 0 radical (unpaired) electrons. The highest BCUT2D eigenvalue weighted by molar-refractivity contribution is 6.42. The van der Waals surface area contributed by atoms with Gasteiger partial charge in [-0.25, -0.2) is 4.79 Å². The predicted molar refractivity (Wildman–Crippen MR) is 130 cm³/mol. The number of rotatable bonds is 4. The molecular weight excluding hydrogens is 522 g/mol. The molecule has 6 nitrogen and oxygen atoms in total. The van der Waals surface area contributed by atoms with Gasteiger partial charge in [0.1, 0.15) is 23.1 Å². The summed E-state index contributed by atoms with van der Waals surface area (Å²) in [4.78, 5) is 12.7. The number of nitrogens with two attached hydrogens (primary N) is 1. The zero-order chi connectivity index (χ0) is 24.6. The van der Waals surface area contributed by atoms with Gasteiger partial charge < -0.3 is 19.9 Å². The number of esters is 1. The van der Waals surface area contributed by atoms with Crippen LogP contribution in [0.3, 0.4) is 0 Å². The van der Waals surface area contributed by atoms with Gasteiger partial charge in [0.05, 0.1) is 38.7 Å². The summed E-state index contributed by atoms with van der Waals surface area (Å²) in [7, 11) is 1.42. The van der Waals surface area contributed by atoms with Crippen LogP contribution in [0.25, 0.3) is 0 Å². The molecule has 34 heavy (non-hydrogen) atoms. The molecule has 0 amide bonds. The summed E-state index contributed by atoms with van der Waals surface area (Å²) in [6, 6.07) is 14.7. The lowest BCUT2D eigenvalue weighted by molar-refractivity contribution is 0.0734. The van der Waals surface area contributed by atoms with E-state index in [0.717, 1.165) is 0 Å². The topological polar surface area (TPSA) is 94.6 Å². The van der Waals surface area contributed by atoms with Gasteiger partial charge in [0.15, 0.2) is 5.75 Å². The summed E-state index contributed by atoms with van der Waals surface area (Å²) in [6.07, 6.45) is 0. The molecule has 0 saturated carbocycles. The van der Waals surface area contributed by atoms with Gasteiger partial charge in [-0.1, -0.05) is 58.5 Å². The van der Waals surface area contributed by atoms with Crippen molar-refractivity contribution in [3.05, 3.63) is 96.8 Å². The lowest BCUT2D eigenvalue weighted by atomic mass is 9.83. The quantitative estimate of drug-likeness (QED) is 0.293. The van der Waals surface area contributed by atoms with Gasteiger partial charge in [0.2, 0.25) is 5.88 Å². The number of allylic oxidation sites excluding steroid dienone is 1. The van der Waals surface area contributed by atoms with Crippen LogP contribution in [0.4, 0.5) is 0 Å².